The Hall–Kier alpha value is -0.610. The lowest BCUT2D eigenvalue weighted by Crippen LogP contribution is -2.46. The van der Waals surface area contributed by atoms with Crippen molar-refractivity contribution in [3.05, 3.63) is 0 Å². The van der Waals surface area contributed by atoms with Crippen molar-refractivity contribution in [2.24, 2.45) is 0 Å². The van der Waals surface area contributed by atoms with Gasteiger partial charge in [-0.15, -0.1) is 0 Å². The highest BCUT2D eigenvalue weighted by Gasteiger charge is 2.25. The zero-order valence-corrected chi connectivity index (χ0v) is 11.5. The van der Waals surface area contributed by atoms with E-state index in [0.717, 1.165) is 58.3 Å². The molecule has 2 fully saturated rings. The smallest absolute Gasteiger partial charge is 0.222 e. The Bertz CT molecular complexity index is 259. The van der Waals surface area contributed by atoms with Crippen LogP contribution in [0.15, 0.2) is 0 Å². The molecule has 0 aliphatic carbocycles. The van der Waals surface area contributed by atoms with Crippen LogP contribution in [0.1, 0.15) is 45.4 Å². The molecular formula is C14H26N2O2. The topological polar surface area (TPSA) is 41.6 Å². The van der Waals surface area contributed by atoms with E-state index in [1.54, 1.807) is 0 Å². The molecule has 1 atom stereocenters. The molecule has 104 valence electrons. The van der Waals surface area contributed by atoms with E-state index in [9.17, 15) is 4.79 Å². The van der Waals surface area contributed by atoms with Gasteiger partial charge < -0.3 is 15.0 Å². The van der Waals surface area contributed by atoms with Crippen molar-refractivity contribution in [2.75, 3.05) is 26.2 Å². The normalized spacial score (nSPS) is 25.3. The first kappa shape index (κ1) is 13.8. The summed E-state index contributed by atoms with van der Waals surface area (Å²) in [6.45, 7) is 5.89. The first-order valence-electron chi connectivity index (χ1n) is 7.43. The van der Waals surface area contributed by atoms with Crippen molar-refractivity contribution in [2.45, 2.75) is 57.6 Å². The average molecular weight is 254 g/mol. The van der Waals surface area contributed by atoms with E-state index in [0.29, 0.717) is 24.5 Å². The Morgan fingerprint density at radius 1 is 1.33 bits per heavy atom. The number of ether oxygens (including phenoxy) is 1. The number of carbonyl (C=O) groups is 1. The van der Waals surface area contributed by atoms with Gasteiger partial charge in [0.25, 0.3) is 0 Å². The van der Waals surface area contributed by atoms with Gasteiger partial charge in [-0.25, -0.2) is 0 Å². The molecule has 0 radical (unpaired) electrons. The minimum absolute atomic E-state index is 0.319. The molecule has 2 aliphatic rings. The number of amides is 1. The van der Waals surface area contributed by atoms with E-state index >= 15 is 0 Å². The molecule has 2 aliphatic heterocycles. The summed E-state index contributed by atoms with van der Waals surface area (Å²) < 4.78 is 5.58. The van der Waals surface area contributed by atoms with Gasteiger partial charge in [0, 0.05) is 25.6 Å². The van der Waals surface area contributed by atoms with Crippen molar-refractivity contribution >= 4 is 5.91 Å². The van der Waals surface area contributed by atoms with Gasteiger partial charge >= 0.3 is 0 Å². The van der Waals surface area contributed by atoms with Crippen LogP contribution in [-0.4, -0.2) is 49.2 Å². The van der Waals surface area contributed by atoms with Crippen molar-refractivity contribution < 1.29 is 9.53 Å². The minimum atomic E-state index is 0.319. The highest BCUT2D eigenvalue weighted by atomic mass is 16.5. The third-order valence-corrected chi connectivity index (χ3v) is 4.11. The second-order valence-corrected chi connectivity index (χ2v) is 5.33. The molecule has 0 bridgehead atoms. The molecule has 4 heteroatoms. The fourth-order valence-corrected chi connectivity index (χ4v) is 3.06. The van der Waals surface area contributed by atoms with Gasteiger partial charge in [0.2, 0.25) is 5.91 Å². The van der Waals surface area contributed by atoms with Crippen LogP contribution in [0.3, 0.4) is 0 Å². The monoisotopic (exact) mass is 254 g/mol. The van der Waals surface area contributed by atoms with Crippen LogP contribution in [0, 0.1) is 0 Å². The SMILES string of the molecule is CCN(C(=O)CCC1CCCO1)C1CCNCC1. The summed E-state index contributed by atoms with van der Waals surface area (Å²) in [4.78, 5) is 14.4. The molecule has 1 unspecified atom stereocenters. The van der Waals surface area contributed by atoms with Crippen molar-refractivity contribution in [3.63, 3.8) is 0 Å². The molecular weight excluding hydrogens is 228 g/mol. The second kappa shape index (κ2) is 7.10. The maximum atomic E-state index is 12.3. The maximum absolute atomic E-state index is 12.3. The third kappa shape index (κ3) is 3.69. The molecule has 0 aromatic carbocycles. The molecule has 2 rings (SSSR count). The van der Waals surface area contributed by atoms with E-state index in [4.69, 9.17) is 4.74 Å². The molecule has 0 spiro atoms. The Labute approximate surface area is 110 Å². The van der Waals surface area contributed by atoms with Gasteiger partial charge in [0.15, 0.2) is 0 Å². The fourth-order valence-electron chi connectivity index (χ4n) is 3.06. The van der Waals surface area contributed by atoms with Crippen molar-refractivity contribution in [1.82, 2.24) is 10.2 Å². The zero-order valence-electron chi connectivity index (χ0n) is 11.5. The highest BCUT2D eigenvalue weighted by molar-refractivity contribution is 5.76. The minimum Gasteiger partial charge on any atom is -0.378 e. The van der Waals surface area contributed by atoms with Crippen LogP contribution >= 0.6 is 0 Å². The number of hydrogen-bond acceptors (Lipinski definition) is 3. The standard InChI is InChI=1S/C14H26N2O2/c1-2-16(12-7-9-15-10-8-12)14(17)6-5-13-4-3-11-18-13/h12-13,15H,2-11H2,1H3. The molecule has 1 amide bonds. The van der Waals surface area contributed by atoms with Gasteiger partial charge in [-0.3, -0.25) is 4.79 Å². The average Bonchev–Trinajstić information content (AvgIpc) is 2.92. The number of piperidine rings is 1. The van der Waals surface area contributed by atoms with Crippen molar-refractivity contribution in [1.29, 1.82) is 0 Å². The van der Waals surface area contributed by atoms with E-state index < -0.39 is 0 Å². The first-order valence-corrected chi connectivity index (χ1v) is 7.43. The third-order valence-electron chi connectivity index (χ3n) is 4.11. The lowest BCUT2D eigenvalue weighted by molar-refractivity contribution is -0.134. The molecule has 0 saturated carbocycles. The van der Waals surface area contributed by atoms with Crippen LogP contribution in [0.2, 0.25) is 0 Å². The van der Waals surface area contributed by atoms with Crippen LogP contribution in [0.5, 0.6) is 0 Å². The van der Waals surface area contributed by atoms with Crippen LogP contribution in [0.4, 0.5) is 0 Å². The summed E-state index contributed by atoms with van der Waals surface area (Å²) in [6.07, 6.45) is 6.37. The van der Waals surface area contributed by atoms with Gasteiger partial charge in [-0.2, -0.15) is 0 Å². The fraction of sp³-hybridized carbons (Fsp3) is 0.929. The first-order chi connectivity index (χ1) is 8.81. The summed E-state index contributed by atoms with van der Waals surface area (Å²) in [5.74, 6) is 0.319. The van der Waals surface area contributed by atoms with Crippen LogP contribution in [0.25, 0.3) is 0 Å². The van der Waals surface area contributed by atoms with Gasteiger partial charge in [0.1, 0.15) is 0 Å². The van der Waals surface area contributed by atoms with Crippen LogP contribution < -0.4 is 5.32 Å². The summed E-state index contributed by atoms with van der Waals surface area (Å²) in [5.41, 5.74) is 0. The van der Waals surface area contributed by atoms with Gasteiger partial charge in [-0.05, 0) is 52.1 Å². The van der Waals surface area contributed by atoms with Gasteiger partial charge in [-0.1, -0.05) is 0 Å². The number of nitrogens with zero attached hydrogens (tertiary/aromatic N) is 1. The lowest BCUT2D eigenvalue weighted by Gasteiger charge is -2.34. The van der Waals surface area contributed by atoms with E-state index in [1.165, 1.54) is 0 Å². The molecule has 18 heavy (non-hydrogen) atoms. The predicted molar refractivity (Wildman–Crippen MR) is 71.5 cm³/mol. The molecule has 4 nitrogen and oxygen atoms in total. The Kier molecular flexibility index (Phi) is 5.45. The zero-order chi connectivity index (χ0) is 12.8. The molecule has 2 heterocycles. The lowest BCUT2D eigenvalue weighted by atomic mass is 10.0. The Balaban J connectivity index is 1.76. The molecule has 2 saturated heterocycles. The summed E-state index contributed by atoms with van der Waals surface area (Å²) in [6, 6.07) is 0.452. The predicted octanol–water partition coefficient (Wildman–Crippen LogP) is 1.55. The number of rotatable bonds is 5. The number of hydrogen-bond donors (Lipinski definition) is 1. The second-order valence-electron chi connectivity index (χ2n) is 5.33. The molecule has 0 aromatic heterocycles. The van der Waals surface area contributed by atoms with E-state index in [2.05, 4.69) is 17.1 Å². The number of carbonyl (C=O) groups excluding carboxylic acids is 1. The van der Waals surface area contributed by atoms with Crippen LogP contribution in [-0.2, 0) is 9.53 Å². The highest BCUT2D eigenvalue weighted by Crippen LogP contribution is 2.19. The van der Waals surface area contributed by atoms with Crippen molar-refractivity contribution in [3.8, 4) is 0 Å². The summed E-state index contributed by atoms with van der Waals surface area (Å²) in [5, 5.41) is 3.35. The van der Waals surface area contributed by atoms with Gasteiger partial charge in [0.05, 0.1) is 6.10 Å². The summed E-state index contributed by atoms with van der Waals surface area (Å²) in [7, 11) is 0. The Morgan fingerprint density at radius 3 is 2.72 bits per heavy atom. The maximum Gasteiger partial charge on any atom is 0.222 e. The molecule has 0 aromatic rings. The van der Waals surface area contributed by atoms with E-state index in [-0.39, 0.29) is 0 Å². The Morgan fingerprint density at radius 2 is 2.11 bits per heavy atom. The largest absolute Gasteiger partial charge is 0.378 e. The van der Waals surface area contributed by atoms with E-state index in [1.807, 2.05) is 0 Å². The number of nitrogens with one attached hydrogen (secondary N) is 1. The quantitative estimate of drug-likeness (QED) is 0.809. The summed E-state index contributed by atoms with van der Waals surface area (Å²) >= 11 is 0. The molecule has 1 N–H and O–H groups in total.